The van der Waals surface area contributed by atoms with Gasteiger partial charge in [-0.3, -0.25) is 14.5 Å². The van der Waals surface area contributed by atoms with Crippen molar-refractivity contribution in [3.8, 4) is 11.5 Å². The van der Waals surface area contributed by atoms with Gasteiger partial charge in [0.15, 0.2) is 11.5 Å². The van der Waals surface area contributed by atoms with E-state index in [1.807, 2.05) is 29.2 Å². The second-order valence-electron chi connectivity index (χ2n) is 11.9. The number of quaternary nitrogens is 1. The summed E-state index contributed by atoms with van der Waals surface area (Å²) in [4.78, 5) is 38.9. The number of carboxylic acids is 1. The lowest BCUT2D eigenvalue weighted by Crippen LogP contribution is -2.45. The molecule has 1 fully saturated rings. The summed E-state index contributed by atoms with van der Waals surface area (Å²) in [6.45, 7) is 5.39. The van der Waals surface area contributed by atoms with Gasteiger partial charge in [-0.2, -0.15) is 0 Å². The van der Waals surface area contributed by atoms with E-state index in [1.54, 1.807) is 6.20 Å². The summed E-state index contributed by atoms with van der Waals surface area (Å²) in [5.41, 5.74) is 1.76. The van der Waals surface area contributed by atoms with Crippen molar-refractivity contribution in [2.75, 3.05) is 60.7 Å². The lowest BCUT2D eigenvalue weighted by atomic mass is 9.83. The number of likely N-dealkylation sites (tertiary alicyclic amines) is 1. The Balaban J connectivity index is 1.56. The van der Waals surface area contributed by atoms with Gasteiger partial charge < -0.3 is 24.0 Å². The van der Waals surface area contributed by atoms with Gasteiger partial charge in [0.25, 0.3) is 0 Å². The average molecular weight is 555 g/mol. The van der Waals surface area contributed by atoms with E-state index in [0.29, 0.717) is 37.4 Å². The molecule has 0 spiro atoms. The molecule has 4 rings (SSSR count). The van der Waals surface area contributed by atoms with E-state index in [2.05, 4.69) is 42.9 Å². The van der Waals surface area contributed by atoms with Crippen molar-refractivity contribution in [3.05, 3.63) is 48.0 Å². The van der Waals surface area contributed by atoms with E-state index < -0.39 is 11.9 Å². The number of aliphatic carboxylic acids is 1. The van der Waals surface area contributed by atoms with Gasteiger partial charge in [-0.1, -0.05) is 19.4 Å². The third-order valence-corrected chi connectivity index (χ3v) is 7.93. The number of unbranched alkanes of at least 4 members (excludes halogenated alkanes) is 1. The Bertz CT molecular complexity index is 1140. The highest BCUT2D eigenvalue weighted by Crippen LogP contribution is 2.43. The maximum Gasteiger partial charge on any atom is 0.308 e. The Morgan fingerprint density at radius 2 is 1.90 bits per heavy atom. The van der Waals surface area contributed by atoms with Crippen molar-refractivity contribution in [1.82, 2.24) is 19.8 Å². The minimum Gasteiger partial charge on any atom is -0.481 e. The summed E-state index contributed by atoms with van der Waals surface area (Å²) in [6.07, 6.45) is 7.29. The first kappa shape index (κ1) is 29.7. The predicted octanol–water partition coefficient (Wildman–Crippen LogP) is 3.03. The molecule has 0 aliphatic carbocycles. The second-order valence-corrected chi connectivity index (χ2v) is 11.9. The van der Waals surface area contributed by atoms with Crippen LogP contribution in [0, 0.1) is 5.92 Å². The molecule has 40 heavy (non-hydrogen) atoms. The minimum atomic E-state index is -0.851. The summed E-state index contributed by atoms with van der Waals surface area (Å²) in [6, 6.07) is 7.22. The zero-order chi connectivity index (χ0) is 28.7. The number of carboxylic acid groups (broad SMARTS) is 1. The van der Waals surface area contributed by atoms with Crippen LogP contribution >= 0.6 is 0 Å². The number of ether oxygens (including phenoxy) is 2. The molecule has 1 amide bonds. The highest BCUT2D eigenvalue weighted by Gasteiger charge is 2.47. The molecule has 1 aromatic heterocycles. The van der Waals surface area contributed by atoms with Gasteiger partial charge in [0.05, 0.1) is 40.2 Å². The van der Waals surface area contributed by atoms with E-state index in [1.165, 1.54) is 6.33 Å². The van der Waals surface area contributed by atoms with Crippen molar-refractivity contribution < 1.29 is 28.7 Å². The highest BCUT2D eigenvalue weighted by atomic mass is 16.7. The number of carbonyl (C=O) groups excluding carboxylic acids is 1. The fourth-order valence-corrected chi connectivity index (χ4v) is 5.82. The number of amides is 1. The number of hydrogen-bond acceptors (Lipinski definition) is 7. The van der Waals surface area contributed by atoms with Crippen molar-refractivity contribution in [3.63, 3.8) is 0 Å². The molecular weight excluding hydrogens is 510 g/mol. The van der Waals surface area contributed by atoms with Crippen LogP contribution in [0.25, 0.3) is 0 Å². The van der Waals surface area contributed by atoms with Gasteiger partial charge >= 0.3 is 5.97 Å². The van der Waals surface area contributed by atoms with Crippen LogP contribution in [0.5, 0.6) is 11.5 Å². The molecule has 10 nitrogen and oxygen atoms in total. The summed E-state index contributed by atoms with van der Waals surface area (Å²) in [5.74, 6) is -0.429. The van der Waals surface area contributed by atoms with Crippen LogP contribution in [0.4, 0.5) is 0 Å². The Morgan fingerprint density at radius 3 is 2.60 bits per heavy atom. The number of rotatable bonds is 14. The third kappa shape index (κ3) is 7.69. The van der Waals surface area contributed by atoms with Crippen molar-refractivity contribution >= 4 is 11.9 Å². The molecule has 2 aliphatic heterocycles. The molecule has 3 unspecified atom stereocenters. The Hall–Kier alpha value is -3.24. The van der Waals surface area contributed by atoms with E-state index in [9.17, 15) is 14.7 Å². The molecule has 10 heteroatoms. The normalized spacial score (nSPS) is 20.6. The van der Waals surface area contributed by atoms with E-state index >= 15 is 0 Å². The predicted molar refractivity (Wildman–Crippen MR) is 151 cm³/mol. The van der Waals surface area contributed by atoms with Crippen LogP contribution in [0.3, 0.4) is 0 Å². The summed E-state index contributed by atoms with van der Waals surface area (Å²) < 4.78 is 11.9. The van der Waals surface area contributed by atoms with Gasteiger partial charge in [-0.05, 0) is 43.0 Å². The number of aryl methyl sites for hydroxylation is 1. The van der Waals surface area contributed by atoms with E-state index in [-0.39, 0.29) is 31.2 Å². The lowest BCUT2D eigenvalue weighted by molar-refractivity contribution is -0.870. The molecule has 0 radical (unpaired) electrons. The SMILES string of the molecule is CCCCN(CCC[N+](C)(C)C)C(=O)CN1CC(c2ccc3c(c2)OCO3)C(C(=O)O)C1CCc1ccncn1. The molecular formula is C30H44N5O5+. The molecule has 1 saturated heterocycles. The van der Waals surface area contributed by atoms with Crippen LogP contribution in [0.15, 0.2) is 36.8 Å². The minimum absolute atomic E-state index is 0.0670. The van der Waals surface area contributed by atoms with Crippen molar-refractivity contribution in [2.45, 2.75) is 51.0 Å². The Morgan fingerprint density at radius 1 is 1.12 bits per heavy atom. The zero-order valence-electron chi connectivity index (χ0n) is 24.3. The van der Waals surface area contributed by atoms with Crippen molar-refractivity contribution in [2.24, 2.45) is 5.92 Å². The summed E-state index contributed by atoms with van der Waals surface area (Å²) in [5, 5.41) is 10.5. The molecule has 218 valence electrons. The lowest BCUT2D eigenvalue weighted by Gasteiger charge is -2.30. The standard InChI is InChI=1S/C30H43N5O5/c1-5-6-14-33(15-7-16-35(2,3)4)28(36)19-34-18-24(22-8-11-26-27(17-22)40-21-39-26)29(30(37)38)25(34)10-9-23-12-13-31-20-32-23/h8,11-13,17,20,24-25,29H,5-7,9-10,14-16,18-19,21H2,1-4H3/p+1. The highest BCUT2D eigenvalue weighted by molar-refractivity contribution is 5.79. The maximum atomic E-state index is 13.7. The van der Waals surface area contributed by atoms with E-state index in [4.69, 9.17) is 9.47 Å². The average Bonchev–Trinajstić information content (AvgIpc) is 3.53. The van der Waals surface area contributed by atoms with Gasteiger partial charge in [0, 0.05) is 49.9 Å². The second kappa shape index (κ2) is 13.4. The Kier molecular flexibility index (Phi) is 9.97. The van der Waals surface area contributed by atoms with Crippen LogP contribution < -0.4 is 9.47 Å². The molecule has 1 N–H and O–H groups in total. The van der Waals surface area contributed by atoms with Crippen LogP contribution in [0.1, 0.15) is 49.8 Å². The van der Waals surface area contributed by atoms with Crippen LogP contribution in [0.2, 0.25) is 0 Å². The van der Waals surface area contributed by atoms with Crippen molar-refractivity contribution in [1.29, 1.82) is 0 Å². The topological polar surface area (TPSA) is 105 Å². The Labute approximate surface area is 237 Å². The smallest absolute Gasteiger partial charge is 0.308 e. The number of hydrogen-bond donors (Lipinski definition) is 1. The molecule has 0 bridgehead atoms. The first-order chi connectivity index (χ1) is 19.2. The molecule has 1 aromatic carbocycles. The maximum absolute atomic E-state index is 13.7. The van der Waals surface area contributed by atoms with Gasteiger partial charge in [-0.15, -0.1) is 0 Å². The zero-order valence-corrected chi connectivity index (χ0v) is 24.3. The number of aromatic nitrogens is 2. The third-order valence-electron chi connectivity index (χ3n) is 7.93. The number of nitrogens with zero attached hydrogens (tertiary/aromatic N) is 5. The number of carbonyl (C=O) groups is 2. The monoisotopic (exact) mass is 554 g/mol. The molecule has 3 atom stereocenters. The van der Waals surface area contributed by atoms with Crippen LogP contribution in [-0.2, 0) is 16.0 Å². The first-order valence-corrected chi connectivity index (χ1v) is 14.4. The number of fused-ring (bicyclic) bond motifs is 1. The van der Waals surface area contributed by atoms with Gasteiger partial charge in [0.1, 0.15) is 6.33 Å². The molecule has 2 aliphatic rings. The molecule has 2 aromatic rings. The van der Waals surface area contributed by atoms with E-state index in [0.717, 1.165) is 48.1 Å². The van der Waals surface area contributed by atoms with Gasteiger partial charge in [-0.25, -0.2) is 9.97 Å². The first-order valence-electron chi connectivity index (χ1n) is 14.4. The fraction of sp³-hybridized carbons (Fsp3) is 0.600. The molecule has 0 saturated carbocycles. The molecule has 3 heterocycles. The largest absolute Gasteiger partial charge is 0.481 e. The summed E-state index contributed by atoms with van der Waals surface area (Å²) >= 11 is 0. The fourth-order valence-electron chi connectivity index (χ4n) is 5.82. The number of benzene rings is 1. The van der Waals surface area contributed by atoms with Gasteiger partial charge in [0.2, 0.25) is 12.7 Å². The quantitative estimate of drug-likeness (QED) is 0.356. The van der Waals surface area contributed by atoms with Crippen LogP contribution in [-0.4, -0.2) is 108 Å². The summed E-state index contributed by atoms with van der Waals surface area (Å²) in [7, 11) is 6.48.